The molecule has 3 N–H and O–H groups in total. The van der Waals surface area contributed by atoms with Gasteiger partial charge in [-0.05, 0) is 74.2 Å². The topological polar surface area (TPSA) is 96.5 Å². The molecule has 2 rings (SSSR count). The van der Waals surface area contributed by atoms with Gasteiger partial charge in [0, 0.05) is 17.0 Å². The van der Waals surface area contributed by atoms with E-state index in [4.69, 9.17) is 16.3 Å². The zero-order valence-electron chi connectivity index (χ0n) is 17.3. The summed E-state index contributed by atoms with van der Waals surface area (Å²) in [6, 6.07) is 10.6. The molecule has 30 heavy (non-hydrogen) atoms. The molecule has 3 amide bonds. The molecule has 0 aromatic heterocycles. The molecule has 0 bridgehead atoms. The third kappa shape index (κ3) is 7.40. The minimum absolute atomic E-state index is 0.182. The van der Waals surface area contributed by atoms with Crippen molar-refractivity contribution in [2.75, 3.05) is 13.2 Å². The van der Waals surface area contributed by atoms with Gasteiger partial charge >= 0.3 is 0 Å². The summed E-state index contributed by atoms with van der Waals surface area (Å²) < 4.78 is 5.62. The minimum Gasteiger partial charge on any atom is -0.493 e. The molecule has 8 heteroatoms. The highest BCUT2D eigenvalue weighted by Gasteiger charge is 2.10. The summed E-state index contributed by atoms with van der Waals surface area (Å²) in [6.45, 7) is 5.87. The van der Waals surface area contributed by atoms with E-state index in [0.717, 1.165) is 16.7 Å². The molecule has 2 aromatic carbocycles. The first-order valence-electron chi connectivity index (χ1n) is 9.58. The summed E-state index contributed by atoms with van der Waals surface area (Å²) >= 11 is 5.90. The summed E-state index contributed by atoms with van der Waals surface area (Å²) in [4.78, 5) is 35.7. The van der Waals surface area contributed by atoms with Crippen molar-refractivity contribution < 1.29 is 19.1 Å². The van der Waals surface area contributed by atoms with Gasteiger partial charge in [0.25, 0.3) is 11.8 Å². The van der Waals surface area contributed by atoms with Gasteiger partial charge in [-0.1, -0.05) is 17.7 Å². The first-order valence-corrected chi connectivity index (χ1v) is 9.96. The van der Waals surface area contributed by atoms with Crippen molar-refractivity contribution in [2.45, 2.75) is 33.6 Å². The van der Waals surface area contributed by atoms with Crippen LogP contribution in [-0.4, -0.2) is 30.9 Å². The standard InChI is InChI=1S/C22H26ClN3O4/c1-14-6-7-17(11-15(14)2)22(29)24-13-21(28)26-25-20(27)5-4-10-30-19-9-8-18(23)12-16(19)3/h6-9,11-12H,4-5,10,13H2,1-3H3,(H,24,29)(H,25,27)(H,26,28). The number of rotatable bonds is 8. The van der Waals surface area contributed by atoms with Gasteiger partial charge in [0.1, 0.15) is 5.75 Å². The summed E-state index contributed by atoms with van der Waals surface area (Å²) in [6.07, 6.45) is 0.662. The van der Waals surface area contributed by atoms with E-state index in [-0.39, 0.29) is 24.8 Å². The Kier molecular flexibility index (Phi) is 8.68. The van der Waals surface area contributed by atoms with Crippen LogP contribution in [0, 0.1) is 20.8 Å². The van der Waals surface area contributed by atoms with Gasteiger partial charge < -0.3 is 10.1 Å². The first kappa shape index (κ1) is 23.2. The molecule has 0 atom stereocenters. The van der Waals surface area contributed by atoms with Crippen LogP contribution in [0.3, 0.4) is 0 Å². The summed E-state index contributed by atoms with van der Waals surface area (Å²) in [7, 11) is 0. The molecule has 0 aliphatic heterocycles. The van der Waals surface area contributed by atoms with Crippen LogP contribution in [0.4, 0.5) is 0 Å². The molecule has 2 aromatic rings. The highest BCUT2D eigenvalue weighted by Crippen LogP contribution is 2.21. The summed E-state index contributed by atoms with van der Waals surface area (Å²) in [5.74, 6) is -0.504. The van der Waals surface area contributed by atoms with Crippen molar-refractivity contribution >= 4 is 29.3 Å². The van der Waals surface area contributed by atoms with E-state index >= 15 is 0 Å². The van der Waals surface area contributed by atoms with E-state index < -0.39 is 5.91 Å². The smallest absolute Gasteiger partial charge is 0.257 e. The fourth-order valence-corrected chi connectivity index (χ4v) is 2.81. The number of amides is 3. The molecule has 0 aliphatic carbocycles. The molecule has 0 saturated heterocycles. The van der Waals surface area contributed by atoms with E-state index in [1.54, 1.807) is 30.3 Å². The molecule has 7 nitrogen and oxygen atoms in total. The Balaban J connectivity index is 1.62. The first-order chi connectivity index (χ1) is 14.3. The third-order valence-corrected chi connectivity index (χ3v) is 4.70. The van der Waals surface area contributed by atoms with Crippen molar-refractivity contribution in [1.82, 2.24) is 16.2 Å². The second kappa shape index (κ2) is 11.2. The largest absolute Gasteiger partial charge is 0.493 e. The van der Waals surface area contributed by atoms with E-state index in [9.17, 15) is 14.4 Å². The highest BCUT2D eigenvalue weighted by atomic mass is 35.5. The predicted molar refractivity (Wildman–Crippen MR) is 115 cm³/mol. The van der Waals surface area contributed by atoms with Crippen molar-refractivity contribution in [3.05, 3.63) is 63.7 Å². The Bertz CT molecular complexity index is 931. The lowest BCUT2D eigenvalue weighted by Crippen LogP contribution is -2.46. The molecule has 0 spiro atoms. The van der Waals surface area contributed by atoms with Crippen molar-refractivity contribution in [3.8, 4) is 5.75 Å². The van der Waals surface area contributed by atoms with Gasteiger partial charge in [0.2, 0.25) is 5.91 Å². The molecule has 160 valence electrons. The Morgan fingerprint density at radius 2 is 1.63 bits per heavy atom. The summed E-state index contributed by atoms with van der Waals surface area (Å²) in [5, 5.41) is 3.16. The number of ether oxygens (including phenoxy) is 1. The van der Waals surface area contributed by atoms with Gasteiger partial charge in [-0.25, -0.2) is 0 Å². The fourth-order valence-electron chi connectivity index (χ4n) is 2.58. The zero-order chi connectivity index (χ0) is 22.1. The molecule has 0 fully saturated rings. The van der Waals surface area contributed by atoms with Gasteiger partial charge in [0.15, 0.2) is 0 Å². The Morgan fingerprint density at radius 1 is 0.900 bits per heavy atom. The number of hydrogen-bond acceptors (Lipinski definition) is 4. The van der Waals surface area contributed by atoms with E-state index in [0.29, 0.717) is 29.4 Å². The molecule has 0 unspecified atom stereocenters. The molecule has 0 heterocycles. The monoisotopic (exact) mass is 431 g/mol. The Morgan fingerprint density at radius 3 is 2.33 bits per heavy atom. The van der Waals surface area contributed by atoms with Gasteiger partial charge in [0.05, 0.1) is 13.2 Å². The predicted octanol–water partition coefficient (Wildman–Crippen LogP) is 3.00. The molecule has 0 radical (unpaired) electrons. The van der Waals surface area contributed by atoms with Gasteiger partial charge in [-0.3, -0.25) is 25.2 Å². The molecule has 0 aliphatic rings. The van der Waals surface area contributed by atoms with Crippen LogP contribution >= 0.6 is 11.6 Å². The lowest BCUT2D eigenvalue weighted by atomic mass is 10.1. The molecular formula is C22H26ClN3O4. The summed E-state index contributed by atoms with van der Waals surface area (Å²) in [5.41, 5.74) is 8.07. The lowest BCUT2D eigenvalue weighted by Gasteiger charge is -2.10. The maximum atomic E-state index is 12.1. The number of carbonyl (C=O) groups is 3. The second-order valence-corrected chi connectivity index (χ2v) is 7.38. The zero-order valence-corrected chi connectivity index (χ0v) is 18.1. The second-order valence-electron chi connectivity index (χ2n) is 6.94. The van der Waals surface area contributed by atoms with Crippen LogP contribution in [0.25, 0.3) is 0 Å². The van der Waals surface area contributed by atoms with Crippen molar-refractivity contribution in [3.63, 3.8) is 0 Å². The Hall–Kier alpha value is -3.06. The number of halogens is 1. The lowest BCUT2D eigenvalue weighted by molar-refractivity contribution is -0.128. The number of aryl methyl sites for hydroxylation is 3. The normalized spacial score (nSPS) is 10.3. The molecular weight excluding hydrogens is 406 g/mol. The van der Waals surface area contributed by atoms with Crippen LogP contribution in [0.5, 0.6) is 5.75 Å². The van der Waals surface area contributed by atoms with E-state index in [1.165, 1.54) is 0 Å². The number of carbonyl (C=O) groups excluding carboxylic acids is 3. The molecule has 0 saturated carbocycles. The Labute approximate surface area is 181 Å². The third-order valence-electron chi connectivity index (χ3n) is 4.46. The average molecular weight is 432 g/mol. The van der Waals surface area contributed by atoms with Crippen LogP contribution in [0.15, 0.2) is 36.4 Å². The SMILES string of the molecule is Cc1ccc(C(=O)NCC(=O)NNC(=O)CCCOc2ccc(Cl)cc2C)cc1C. The number of nitrogens with one attached hydrogen (secondary N) is 3. The van der Waals surface area contributed by atoms with E-state index in [1.807, 2.05) is 26.8 Å². The quantitative estimate of drug-likeness (QED) is 0.442. The van der Waals surface area contributed by atoms with E-state index in [2.05, 4.69) is 16.2 Å². The number of hydrazine groups is 1. The van der Waals surface area contributed by atoms with Gasteiger partial charge in [-0.2, -0.15) is 0 Å². The van der Waals surface area contributed by atoms with Gasteiger partial charge in [-0.15, -0.1) is 0 Å². The van der Waals surface area contributed by atoms with Crippen LogP contribution < -0.4 is 20.9 Å². The maximum absolute atomic E-state index is 12.1. The number of hydrogen-bond donors (Lipinski definition) is 3. The van der Waals surface area contributed by atoms with Crippen LogP contribution in [0.2, 0.25) is 5.02 Å². The fraction of sp³-hybridized carbons (Fsp3) is 0.318. The van der Waals surface area contributed by atoms with Crippen LogP contribution in [-0.2, 0) is 9.59 Å². The van der Waals surface area contributed by atoms with Crippen molar-refractivity contribution in [2.24, 2.45) is 0 Å². The van der Waals surface area contributed by atoms with Crippen LogP contribution in [0.1, 0.15) is 39.9 Å². The maximum Gasteiger partial charge on any atom is 0.257 e. The minimum atomic E-state index is -0.520. The highest BCUT2D eigenvalue weighted by molar-refractivity contribution is 6.30. The number of benzene rings is 2. The average Bonchev–Trinajstić information content (AvgIpc) is 2.71. The van der Waals surface area contributed by atoms with Crippen molar-refractivity contribution in [1.29, 1.82) is 0 Å².